The molecule has 0 radical (unpaired) electrons. The van der Waals surface area contributed by atoms with Crippen LogP contribution in [0.2, 0.25) is 0 Å². The number of fused-ring (bicyclic) bond motifs is 1. The monoisotopic (exact) mass is 282 g/mol. The van der Waals surface area contributed by atoms with Gasteiger partial charge >= 0.3 is 0 Å². The molecule has 1 aliphatic rings. The fraction of sp³-hybridized carbons (Fsp3) is 0.389. The van der Waals surface area contributed by atoms with Crippen molar-refractivity contribution in [3.63, 3.8) is 0 Å². The van der Waals surface area contributed by atoms with Crippen LogP contribution in [-0.2, 0) is 19.4 Å². The lowest BCUT2D eigenvalue weighted by atomic mass is 9.88. The van der Waals surface area contributed by atoms with Crippen molar-refractivity contribution in [1.82, 2.24) is 10.3 Å². The highest BCUT2D eigenvalue weighted by Crippen LogP contribution is 2.25. The van der Waals surface area contributed by atoms with E-state index in [1.54, 1.807) is 7.11 Å². The van der Waals surface area contributed by atoms with Gasteiger partial charge in [-0.05, 0) is 66.6 Å². The molecule has 0 spiro atoms. The maximum atomic E-state index is 5.33. The average Bonchev–Trinajstić information content (AvgIpc) is 2.53. The number of hydrogen-bond acceptors (Lipinski definition) is 3. The van der Waals surface area contributed by atoms with Crippen LogP contribution in [0.1, 0.15) is 28.7 Å². The maximum Gasteiger partial charge on any atom is 0.119 e. The highest BCUT2D eigenvalue weighted by Gasteiger charge is 2.18. The van der Waals surface area contributed by atoms with Crippen LogP contribution in [0, 0.1) is 6.92 Å². The molecule has 3 nitrogen and oxygen atoms in total. The van der Waals surface area contributed by atoms with Crippen molar-refractivity contribution in [2.45, 2.75) is 38.8 Å². The number of aryl methyl sites for hydroxylation is 2. The summed E-state index contributed by atoms with van der Waals surface area (Å²) in [7, 11) is 1.73. The smallest absolute Gasteiger partial charge is 0.119 e. The van der Waals surface area contributed by atoms with Crippen LogP contribution in [-0.4, -0.2) is 18.1 Å². The summed E-state index contributed by atoms with van der Waals surface area (Å²) >= 11 is 0. The van der Waals surface area contributed by atoms with E-state index in [-0.39, 0.29) is 0 Å². The molecule has 21 heavy (non-hydrogen) atoms. The van der Waals surface area contributed by atoms with E-state index in [0.717, 1.165) is 25.1 Å². The van der Waals surface area contributed by atoms with Crippen molar-refractivity contribution >= 4 is 0 Å². The number of aromatic nitrogens is 1. The molecule has 1 unspecified atom stereocenters. The van der Waals surface area contributed by atoms with Gasteiger partial charge in [0.25, 0.3) is 0 Å². The fourth-order valence-corrected chi connectivity index (χ4v) is 2.97. The molecule has 3 rings (SSSR count). The predicted molar refractivity (Wildman–Crippen MR) is 84.6 cm³/mol. The lowest BCUT2D eigenvalue weighted by Crippen LogP contribution is -2.34. The van der Waals surface area contributed by atoms with Gasteiger partial charge in [-0.3, -0.25) is 4.98 Å². The van der Waals surface area contributed by atoms with Crippen molar-refractivity contribution in [2.75, 3.05) is 7.11 Å². The molecule has 1 N–H and O–H groups in total. The molecule has 0 saturated heterocycles. The number of nitrogens with one attached hydrogen (secondary N) is 1. The second kappa shape index (κ2) is 6.27. The average molecular weight is 282 g/mol. The van der Waals surface area contributed by atoms with Crippen LogP contribution in [0.4, 0.5) is 0 Å². The van der Waals surface area contributed by atoms with Crippen LogP contribution in [0.25, 0.3) is 0 Å². The molecular weight excluding hydrogens is 260 g/mol. The lowest BCUT2D eigenvalue weighted by Gasteiger charge is -2.26. The Morgan fingerprint density at radius 1 is 1.29 bits per heavy atom. The van der Waals surface area contributed by atoms with Gasteiger partial charge in [-0.1, -0.05) is 6.07 Å². The number of pyridine rings is 1. The Kier molecular flexibility index (Phi) is 4.20. The molecule has 1 aliphatic carbocycles. The first-order valence-corrected chi connectivity index (χ1v) is 7.55. The summed E-state index contributed by atoms with van der Waals surface area (Å²) in [6.45, 7) is 3.03. The van der Waals surface area contributed by atoms with Gasteiger partial charge in [-0.25, -0.2) is 0 Å². The van der Waals surface area contributed by atoms with E-state index in [4.69, 9.17) is 4.74 Å². The van der Waals surface area contributed by atoms with Gasteiger partial charge in [0.1, 0.15) is 5.75 Å². The molecule has 2 aromatic rings. The number of methoxy groups -OCH3 is 1. The maximum absolute atomic E-state index is 5.33. The zero-order valence-corrected chi connectivity index (χ0v) is 12.7. The number of benzene rings is 1. The van der Waals surface area contributed by atoms with Gasteiger partial charge in [0.2, 0.25) is 0 Å². The first kappa shape index (κ1) is 14.1. The zero-order valence-electron chi connectivity index (χ0n) is 12.7. The van der Waals surface area contributed by atoms with E-state index in [2.05, 4.69) is 41.5 Å². The SMILES string of the molecule is COc1ccc2c(c1)CC(NCc1cnccc1C)CC2. The lowest BCUT2D eigenvalue weighted by molar-refractivity contribution is 0.411. The van der Waals surface area contributed by atoms with Gasteiger partial charge in [0, 0.05) is 25.0 Å². The third-order valence-electron chi connectivity index (χ3n) is 4.37. The number of nitrogens with zero attached hydrogens (tertiary/aromatic N) is 1. The van der Waals surface area contributed by atoms with Crippen molar-refractivity contribution in [2.24, 2.45) is 0 Å². The topological polar surface area (TPSA) is 34.1 Å². The summed E-state index contributed by atoms with van der Waals surface area (Å²) in [6.07, 6.45) is 7.22. The van der Waals surface area contributed by atoms with E-state index >= 15 is 0 Å². The van der Waals surface area contributed by atoms with Crippen LogP contribution >= 0.6 is 0 Å². The van der Waals surface area contributed by atoms with E-state index in [1.807, 2.05) is 12.4 Å². The van der Waals surface area contributed by atoms with Gasteiger partial charge in [0.15, 0.2) is 0 Å². The molecular formula is C18H22N2O. The summed E-state index contributed by atoms with van der Waals surface area (Å²) in [6, 6.07) is 9.04. The van der Waals surface area contributed by atoms with E-state index in [0.29, 0.717) is 6.04 Å². The second-order valence-corrected chi connectivity index (χ2v) is 5.76. The summed E-state index contributed by atoms with van der Waals surface area (Å²) in [5, 5.41) is 3.68. The standard InChI is InChI=1S/C18H22N2O/c1-13-7-8-19-11-16(13)12-20-17-5-3-14-4-6-18(21-2)10-15(14)9-17/h4,6-8,10-11,17,20H,3,5,9,12H2,1-2H3. The predicted octanol–water partition coefficient (Wildman–Crippen LogP) is 3.05. The molecule has 3 heteroatoms. The highest BCUT2D eigenvalue weighted by atomic mass is 16.5. The first-order valence-electron chi connectivity index (χ1n) is 7.55. The first-order chi connectivity index (χ1) is 10.3. The van der Waals surface area contributed by atoms with E-state index in [9.17, 15) is 0 Å². The molecule has 1 aromatic heterocycles. The Bertz CT molecular complexity index is 624. The summed E-state index contributed by atoms with van der Waals surface area (Å²) in [4.78, 5) is 4.21. The highest BCUT2D eigenvalue weighted by molar-refractivity contribution is 5.38. The summed E-state index contributed by atoms with van der Waals surface area (Å²) < 4.78 is 5.33. The molecule has 0 aliphatic heterocycles. The number of hydrogen-bond donors (Lipinski definition) is 1. The normalized spacial score (nSPS) is 17.3. The Morgan fingerprint density at radius 3 is 3.00 bits per heavy atom. The zero-order chi connectivity index (χ0) is 14.7. The number of rotatable bonds is 4. The summed E-state index contributed by atoms with van der Waals surface area (Å²) in [5.41, 5.74) is 5.47. The van der Waals surface area contributed by atoms with Crippen LogP contribution in [0.5, 0.6) is 5.75 Å². The largest absolute Gasteiger partial charge is 0.497 e. The molecule has 110 valence electrons. The third kappa shape index (κ3) is 3.24. The van der Waals surface area contributed by atoms with Gasteiger partial charge in [-0.2, -0.15) is 0 Å². The molecule has 0 saturated carbocycles. The second-order valence-electron chi connectivity index (χ2n) is 5.76. The summed E-state index contributed by atoms with van der Waals surface area (Å²) in [5.74, 6) is 0.956. The molecule has 1 heterocycles. The minimum absolute atomic E-state index is 0.532. The Hall–Kier alpha value is -1.87. The van der Waals surface area contributed by atoms with Crippen molar-refractivity contribution < 1.29 is 4.74 Å². The molecule has 0 amide bonds. The fourth-order valence-electron chi connectivity index (χ4n) is 2.97. The van der Waals surface area contributed by atoms with E-state index in [1.165, 1.54) is 28.7 Å². The molecule has 0 bridgehead atoms. The molecule has 1 atom stereocenters. The number of ether oxygens (including phenoxy) is 1. The van der Waals surface area contributed by atoms with Gasteiger partial charge in [-0.15, -0.1) is 0 Å². The third-order valence-corrected chi connectivity index (χ3v) is 4.37. The van der Waals surface area contributed by atoms with Gasteiger partial charge < -0.3 is 10.1 Å². The Balaban J connectivity index is 1.65. The minimum atomic E-state index is 0.532. The molecule has 0 fully saturated rings. The van der Waals surface area contributed by atoms with Crippen LogP contribution < -0.4 is 10.1 Å². The van der Waals surface area contributed by atoms with E-state index < -0.39 is 0 Å². The molecule has 1 aromatic carbocycles. The Morgan fingerprint density at radius 2 is 2.19 bits per heavy atom. The van der Waals surface area contributed by atoms with Gasteiger partial charge in [0.05, 0.1) is 7.11 Å². The Labute approximate surface area is 126 Å². The van der Waals surface area contributed by atoms with Crippen LogP contribution in [0.3, 0.4) is 0 Å². The van der Waals surface area contributed by atoms with Crippen molar-refractivity contribution in [3.05, 3.63) is 58.9 Å². The minimum Gasteiger partial charge on any atom is -0.497 e. The van der Waals surface area contributed by atoms with Crippen LogP contribution in [0.15, 0.2) is 36.7 Å². The quantitative estimate of drug-likeness (QED) is 0.936. The van der Waals surface area contributed by atoms with Crippen molar-refractivity contribution in [1.29, 1.82) is 0 Å². The van der Waals surface area contributed by atoms with Crippen molar-refractivity contribution in [3.8, 4) is 5.75 Å².